The second kappa shape index (κ2) is 11.6. The fraction of sp³-hybridized carbons (Fsp3) is 0.419. The van der Waals surface area contributed by atoms with E-state index in [0.29, 0.717) is 10.5 Å². The molecule has 0 radical (unpaired) electrons. The molecule has 0 amide bonds. The van der Waals surface area contributed by atoms with E-state index >= 15 is 0 Å². The van der Waals surface area contributed by atoms with E-state index < -0.39 is 56.5 Å². The van der Waals surface area contributed by atoms with Crippen molar-refractivity contribution in [2.24, 2.45) is 0 Å². The Bertz CT molecular complexity index is 1590. The minimum absolute atomic E-state index is 0.0586. The largest absolute Gasteiger partial charge is 0.483 e. The molecule has 0 saturated carbocycles. The van der Waals surface area contributed by atoms with Crippen LogP contribution in [-0.2, 0) is 41.7 Å². The van der Waals surface area contributed by atoms with Crippen LogP contribution in [0.2, 0.25) is 0 Å². The molecular formula is C31H34F5O6S2+. The van der Waals surface area contributed by atoms with E-state index in [2.05, 4.69) is 20.8 Å². The SMILES string of the molecule is CC(Oc1ccc([S+](c2ccc(C(C)(C)C)cc2)c2cccc(C3(C)OCC(C)(C(F)(F)F)O3)c2)cc1)C(F)(F)S(=O)(=O)O. The minimum Gasteiger partial charge on any atom is -0.483 e. The molecule has 6 nitrogen and oxygen atoms in total. The van der Waals surface area contributed by atoms with Gasteiger partial charge in [-0.2, -0.15) is 30.4 Å². The lowest BCUT2D eigenvalue weighted by atomic mass is 9.87. The molecule has 240 valence electrons. The Morgan fingerprint density at radius 3 is 1.91 bits per heavy atom. The average Bonchev–Trinajstić information content (AvgIpc) is 3.26. The zero-order chi connectivity index (χ0) is 32.9. The Morgan fingerprint density at radius 2 is 1.43 bits per heavy atom. The summed E-state index contributed by atoms with van der Waals surface area (Å²) in [5, 5.41) is -4.53. The van der Waals surface area contributed by atoms with Crippen molar-refractivity contribution >= 4 is 21.0 Å². The lowest BCUT2D eigenvalue weighted by Crippen LogP contribution is -2.45. The fourth-order valence-corrected chi connectivity index (χ4v) is 7.15. The predicted octanol–water partition coefficient (Wildman–Crippen LogP) is 7.87. The van der Waals surface area contributed by atoms with Crippen LogP contribution >= 0.6 is 0 Å². The summed E-state index contributed by atoms with van der Waals surface area (Å²) in [4.78, 5) is 2.30. The van der Waals surface area contributed by atoms with Crippen LogP contribution in [-0.4, -0.2) is 42.7 Å². The van der Waals surface area contributed by atoms with E-state index in [-0.39, 0.29) is 11.2 Å². The van der Waals surface area contributed by atoms with Crippen molar-refractivity contribution in [1.82, 2.24) is 0 Å². The van der Waals surface area contributed by atoms with Gasteiger partial charge >= 0.3 is 21.5 Å². The maximum absolute atomic E-state index is 14.0. The van der Waals surface area contributed by atoms with E-state index in [1.807, 2.05) is 30.3 Å². The molecule has 44 heavy (non-hydrogen) atoms. The van der Waals surface area contributed by atoms with Crippen molar-refractivity contribution in [2.75, 3.05) is 6.61 Å². The Morgan fingerprint density at radius 1 is 0.886 bits per heavy atom. The third kappa shape index (κ3) is 6.76. The highest BCUT2D eigenvalue weighted by atomic mass is 32.2. The molecule has 1 aliphatic heterocycles. The van der Waals surface area contributed by atoms with Gasteiger partial charge in [-0.25, -0.2) is 0 Å². The monoisotopic (exact) mass is 661 g/mol. The summed E-state index contributed by atoms with van der Waals surface area (Å²) in [6, 6.07) is 20.8. The molecule has 13 heteroatoms. The number of hydrogen-bond donors (Lipinski definition) is 1. The fourth-order valence-electron chi connectivity index (χ4n) is 4.59. The molecule has 0 bridgehead atoms. The van der Waals surface area contributed by atoms with Crippen LogP contribution in [0.3, 0.4) is 0 Å². The Hall–Kier alpha value is -2.71. The number of benzene rings is 3. The molecule has 1 saturated heterocycles. The van der Waals surface area contributed by atoms with Gasteiger partial charge in [-0.3, -0.25) is 4.55 Å². The number of rotatable bonds is 8. The summed E-state index contributed by atoms with van der Waals surface area (Å²) in [6.45, 7) is 8.77. The van der Waals surface area contributed by atoms with Crippen LogP contribution in [0.4, 0.5) is 22.0 Å². The zero-order valence-corrected chi connectivity index (χ0v) is 26.5. The molecule has 3 aromatic rings. The van der Waals surface area contributed by atoms with Crippen LogP contribution < -0.4 is 4.74 Å². The van der Waals surface area contributed by atoms with E-state index in [1.165, 1.54) is 19.1 Å². The second-order valence-electron chi connectivity index (χ2n) is 11.9. The first-order valence-electron chi connectivity index (χ1n) is 13.6. The first-order chi connectivity index (χ1) is 20.1. The van der Waals surface area contributed by atoms with Crippen molar-refractivity contribution in [2.45, 2.75) is 90.6 Å². The molecule has 4 unspecified atom stereocenters. The average molecular weight is 662 g/mol. The van der Waals surface area contributed by atoms with Crippen LogP contribution in [0.15, 0.2) is 87.5 Å². The van der Waals surface area contributed by atoms with E-state index in [0.717, 1.165) is 29.2 Å². The normalized spacial score (nSPS) is 22.9. The third-order valence-corrected chi connectivity index (χ3v) is 10.6. The van der Waals surface area contributed by atoms with Crippen molar-refractivity contribution in [3.8, 4) is 5.75 Å². The van der Waals surface area contributed by atoms with Gasteiger partial charge in [-0.1, -0.05) is 45.0 Å². The lowest BCUT2D eigenvalue weighted by Gasteiger charge is -2.29. The molecular weight excluding hydrogens is 627 g/mol. The molecule has 0 aromatic heterocycles. The summed E-state index contributed by atoms with van der Waals surface area (Å²) in [6.07, 6.45) is -6.83. The highest BCUT2D eigenvalue weighted by Gasteiger charge is 2.61. The summed E-state index contributed by atoms with van der Waals surface area (Å²) in [7, 11) is -6.54. The van der Waals surface area contributed by atoms with Gasteiger partial charge in [0.2, 0.25) is 0 Å². The number of alkyl halides is 5. The van der Waals surface area contributed by atoms with Crippen molar-refractivity contribution in [1.29, 1.82) is 0 Å². The topological polar surface area (TPSA) is 82.1 Å². The second-order valence-corrected chi connectivity index (χ2v) is 15.5. The van der Waals surface area contributed by atoms with Crippen molar-refractivity contribution in [3.05, 3.63) is 83.9 Å². The van der Waals surface area contributed by atoms with E-state index in [9.17, 15) is 30.4 Å². The first-order valence-corrected chi connectivity index (χ1v) is 16.2. The third-order valence-electron chi connectivity index (χ3n) is 7.38. The van der Waals surface area contributed by atoms with E-state index in [4.69, 9.17) is 18.8 Å². The predicted molar refractivity (Wildman–Crippen MR) is 156 cm³/mol. The van der Waals surface area contributed by atoms with Gasteiger partial charge in [0.25, 0.3) is 0 Å². The molecule has 1 N–H and O–H groups in total. The maximum atomic E-state index is 14.0. The summed E-state index contributed by atoms with van der Waals surface area (Å²) in [5.74, 6) is -1.73. The van der Waals surface area contributed by atoms with Gasteiger partial charge in [-0.05, 0) is 74.2 Å². The standard InChI is InChI=1S/C31H33F5O6S2/c1-20(30(32,33)44(37,38)39)41-23-12-16-25(17-13-23)43(24-14-10-21(11-15-24)27(2,3)4)26-9-7-8-22(18-26)29(6)40-19-28(5,42-29)31(34,35)36/h7-18,20H,19H2,1-6H3/p+1. The molecule has 4 atom stereocenters. The highest BCUT2D eigenvalue weighted by Crippen LogP contribution is 2.47. The van der Waals surface area contributed by atoms with Crippen molar-refractivity contribution < 1.29 is 49.1 Å². The Balaban J connectivity index is 1.74. The first kappa shape index (κ1) is 34.2. The number of ether oxygens (including phenoxy) is 3. The molecule has 1 fully saturated rings. The van der Waals surface area contributed by atoms with Crippen LogP contribution in [0.1, 0.15) is 52.7 Å². The van der Waals surface area contributed by atoms with Gasteiger partial charge in [0.1, 0.15) is 5.75 Å². The molecule has 1 aliphatic rings. The summed E-state index contributed by atoms with van der Waals surface area (Å²) >= 11 is 0. The van der Waals surface area contributed by atoms with Crippen molar-refractivity contribution in [3.63, 3.8) is 0 Å². The van der Waals surface area contributed by atoms with Crippen LogP contribution in [0.5, 0.6) is 5.75 Å². The van der Waals surface area contributed by atoms with Crippen LogP contribution in [0.25, 0.3) is 0 Å². The molecule has 1 heterocycles. The zero-order valence-electron chi connectivity index (χ0n) is 24.9. The van der Waals surface area contributed by atoms with E-state index in [1.54, 1.807) is 30.3 Å². The maximum Gasteiger partial charge on any atom is 0.419 e. The highest BCUT2D eigenvalue weighted by molar-refractivity contribution is 7.97. The molecule has 0 spiro atoms. The quantitative estimate of drug-likeness (QED) is 0.150. The lowest BCUT2D eigenvalue weighted by molar-refractivity contribution is -0.283. The van der Waals surface area contributed by atoms with Crippen LogP contribution in [0, 0.1) is 0 Å². The smallest absolute Gasteiger partial charge is 0.419 e. The molecule has 4 rings (SSSR count). The number of hydrogen-bond acceptors (Lipinski definition) is 5. The van der Waals surface area contributed by atoms with Gasteiger partial charge < -0.3 is 14.2 Å². The molecule has 0 aliphatic carbocycles. The Labute approximate surface area is 256 Å². The van der Waals surface area contributed by atoms with Gasteiger partial charge in [0.15, 0.2) is 32.2 Å². The molecule has 3 aromatic carbocycles. The van der Waals surface area contributed by atoms with Gasteiger partial charge in [0, 0.05) is 11.6 Å². The Kier molecular flexibility index (Phi) is 8.99. The summed E-state index contributed by atoms with van der Waals surface area (Å²) < 4.78 is 117. The summed E-state index contributed by atoms with van der Waals surface area (Å²) in [5.41, 5.74) is -1.13. The minimum atomic E-state index is -5.70. The van der Waals surface area contributed by atoms with Gasteiger partial charge in [0.05, 0.1) is 17.5 Å². The van der Waals surface area contributed by atoms with Gasteiger partial charge in [-0.15, -0.1) is 0 Å². The number of halogens is 5.